The number of pyridine rings is 1. The third-order valence-corrected chi connectivity index (χ3v) is 5.01. The Morgan fingerprint density at radius 2 is 1.92 bits per heavy atom. The number of hydrogen-bond donors (Lipinski definition) is 1. The van der Waals surface area contributed by atoms with Gasteiger partial charge in [-0.3, -0.25) is 4.79 Å². The average molecular weight is 352 g/mol. The molecule has 0 fully saturated rings. The quantitative estimate of drug-likeness (QED) is 0.701. The monoisotopic (exact) mass is 352 g/mol. The van der Waals surface area contributed by atoms with Gasteiger partial charge in [0.2, 0.25) is 5.91 Å². The van der Waals surface area contributed by atoms with Crippen LogP contribution in [0.15, 0.2) is 59.6 Å². The van der Waals surface area contributed by atoms with Crippen LogP contribution in [-0.4, -0.2) is 30.3 Å². The first-order valence-corrected chi connectivity index (χ1v) is 8.93. The summed E-state index contributed by atoms with van der Waals surface area (Å²) in [4.78, 5) is 16.6. The van der Waals surface area contributed by atoms with E-state index in [2.05, 4.69) is 17.4 Å². The van der Waals surface area contributed by atoms with Crippen LogP contribution in [0.3, 0.4) is 0 Å². The Labute approximate surface area is 151 Å². The molecule has 0 radical (unpaired) electrons. The average Bonchev–Trinajstić information content (AvgIpc) is 2.66. The summed E-state index contributed by atoms with van der Waals surface area (Å²) in [5.41, 5.74) is 3.07. The number of carbonyl (C=O) groups is 1. The zero-order chi connectivity index (χ0) is 17.8. The standard InChI is InChI=1S/C20H20N2O2S/c1-13(20(23)21-2)25-19-12-17(14-7-5-4-6-8-14)16-10-9-15(24-3)11-18(16)22-19/h4-13H,1-3H3,(H,21,23)/t13-/m1/s1. The molecule has 0 aliphatic rings. The van der Waals surface area contributed by atoms with Gasteiger partial charge >= 0.3 is 0 Å². The molecule has 1 amide bonds. The molecule has 1 heterocycles. The van der Waals surface area contributed by atoms with Crippen LogP contribution in [0.1, 0.15) is 6.92 Å². The number of benzene rings is 2. The lowest BCUT2D eigenvalue weighted by atomic mass is 10.0. The molecule has 25 heavy (non-hydrogen) atoms. The number of hydrogen-bond acceptors (Lipinski definition) is 4. The number of thioether (sulfide) groups is 1. The Bertz CT molecular complexity index is 897. The predicted molar refractivity (Wildman–Crippen MR) is 103 cm³/mol. The Hall–Kier alpha value is -2.53. The zero-order valence-corrected chi connectivity index (χ0v) is 15.3. The number of fused-ring (bicyclic) bond motifs is 1. The number of nitrogens with zero attached hydrogens (tertiary/aromatic N) is 1. The van der Waals surface area contributed by atoms with E-state index < -0.39 is 0 Å². The van der Waals surface area contributed by atoms with Gasteiger partial charge in [0.15, 0.2) is 0 Å². The fourth-order valence-electron chi connectivity index (χ4n) is 2.67. The first-order chi connectivity index (χ1) is 12.1. The molecule has 1 N–H and O–H groups in total. The molecule has 0 bridgehead atoms. The van der Waals surface area contributed by atoms with Crippen LogP contribution in [-0.2, 0) is 4.79 Å². The lowest BCUT2D eigenvalue weighted by Crippen LogP contribution is -2.27. The predicted octanol–water partition coefficient (Wildman–Crippen LogP) is 4.14. The van der Waals surface area contributed by atoms with Gasteiger partial charge in [0.25, 0.3) is 0 Å². The summed E-state index contributed by atoms with van der Waals surface area (Å²) < 4.78 is 5.33. The van der Waals surface area contributed by atoms with Crippen LogP contribution in [0.5, 0.6) is 5.75 Å². The molecule has 0 saturated heterocycles. The number of ether oxygens (including phenoxy) is 1. The Morgan fingerprint density at radius 3 is 2.60 bits per heavy atom. The second kappa shape index (κ2) is 7.57. The van der Waals surface area contributed by atoms with E-state index in [1.807, 2.05) is 49.4 Å². The van der Waals surface area contributed by atoms with Gasteiger partial charge in [-0.25, -0.2) is 4.98 Å². The Balaban J connectivity index is 2.13. The van der Waals surface area contributed by atoms with E-state index >= 15 is 0 Å². The van der Waals surface area contributed by atoms with Crippen molar-refractivity contribution in [2.24, 2.45) is 0 Å². The molecule has 3 aromatic rings. The summed E-state index contributed by atoms with van der Waals surface area (Å²) >= 11 is 1.45. The molecule has 3 rings (SSSR count). The third-order valence-electron chi connectivity index (χ3n) is 3.99. The van der Waals surface area contributed by atoms with Crippen molar-refractivity contribution in [3.05, 3.63) is 54.6 Å². The number of nitrogens with one attached hydrogen (secondary N) is 1. The highest BCUT2D eigenvalue weighted by Gasteiger charge is 2.16. The molecule has 5 heteroatoms. The highest BCUT2D eigenvalue weighted by atomic mass is 32.2. The fraction of sp³-hybridized carbons (Fsp3) is 0.200. The van der Waals surface area contributed by atoms with E-state index in [-0.39, 0.29) is 11.2 Å². The summed E-state index contributed by atoms with van der Waals surface area (Å²) in [6, 6.07) is 18.1. The molecule has 0 aliphatic heterocycles. The third kappa shape index (κ3) is 3.77. The van der Waals surface area contributed by atoms with Gasteiger partial charge < -0.3 is 10.1 Å². The number of amides is 1. The molecule has 0 unspecified atom stereocenters. The van der Waals surface area contributed by atoms with Crippen LogP contribution in [0.4, 0.5) is 0 Å². The van der Waals surface area contributed by atoms with Crippen molar-refractivity contribution in [1.82, 2.24) is 10.3 Å². The van der Waals surface area contributed by atoms with E-state index in [0.29, 0.717) is 0 Å². The van der Waals surface area contributed by atoms with E-state index in [0.717, 1.165) is 32.8 Å². The van der Waals surface area contributed by atoms with Gasteiger partial charge in [-0.15, -0.1) is 0 Å². The van der Waals surface area contributed by atoms with Crippen LogP contribution >= 0.6 is 11.8 Å². The summed E-state index contributed by atoms with van der Waals surface area (Å²) in [5, 5.41) is 4.34. The zero-order valence-electron chi connectivity index (χ0n) is 14.4. The van der Waals surface area contributed by atoms with Gasteiger partial charge in [-0.1, -0.05) is 42.1 Å². The maximum Gasteiger partial charge on any atom is 0.233 e. The minimum Gasteiger partial charge on any atom is -0.497 e. The summed E-state index contributed by atoms with van der Waals surface area (Å²) in [7, 11) is 3.29. The molecule has 1 aromatic heterocycles. The SMILES string of the molecule is CNC(=O)[C@@H](C)Sc1cc(-c2ccccc2)c2ccc(OC)cc2n1. The molecule has 1 atom stereocenters. The first-order valence-electron chi connectivity index (χ1n) is 8.05. The van der Waals surface area contributed by atoms with Gasteiger partial charge in [-0.05, 0) is 36.2 Å². The van der Waals surface area contributed by atoms with Crippen LogP contribution in [0, 0.1) is 0 Å². The number of carbonyl (C=O) groups excluding carboxylic acids is 1. The van der Waals surface area contributed by atoms with Crippen LogP contribution in [0.25, 0.3) is 22.0 Å². The van der Waals surface area contributed by atoms with Crippen LogP contribution < -0.4 is 10.1 Å². The van der Waals surface area contributed by atoms with Gasteiger partial charge in [0.05, 0.1) is 22.9 Å². The van der Waals surface area contributed by atoms with E-state index in [4.69, 9.17) is 9.72 Å². The van der Waals surface area contributed by atoms with E-state index in [1.54, 1.807) is 14.2 Å². The van der Waals surface area contributed by atoms with Crippen molar-refractivity contribution in [3.63, 3.8) is 0 Å². The molecular formula is C20H20N2O2S. The smallest absolute Gasteiger partial charge is 0.233 e. The van der Waals surface area contributed by atoms with Gasteiger partial charge in [0.1, 0.15) is 5.75 Å². The van der Waals surface area contributed by atoms with Crippen LogP contribution in [0.2, 0.25) is 0 Å². The van der Waals surface area contributed by atoms with Crippen molar-refractivity contribution in [1.29, 1.82) is 0 Å². The minimum atomic E-state index is -0.218. The maximum atomic E-state index is 11.9. The van der Waals surface area contributed by atoms with Crippen molar-refractivity contribution in [2.75, 3.05) is 14.2 Å². The van der Waals surface area contributed by atoms with E-state index in [1.165, 1.54) is 11.8 Å². The second-order valence-electron chi connectivity index (χ2n) is 5.63. The summed E-state index contributed by atoms with van der Waals surface area (Å²) in [6.07, 6.45) is 0. The minimum absolute atomic E-state index is 0.0150. The lowest BCUT2D eigenvalue weighted by Gasteiger charge is -2.13. The van der Waals surface area contributed by atoms with Crippen molar-refractivity contribution in [2.45, 2.75) is 17.2 Å². The maximum absolute atomic E-state index is 11.9. The second-order valence-corrected chi connectivity index (χ2v) is 6.99. The normalized spacial score (nSPS) is 12.0. The molecule has 0 saturated carbocycles. The number of rotatable bonds is 5. The number of aromatic nitrogens is 1. The fourth-order valence-corrected chi connectivity index (χ4v) is 3.59. The van der Waals surface area contributed by atoms with E-state index in [9.17, 15) is 4.79 Å². The molecule has 128 valence electrons. The molecular weight excluding hydrogens is 332 g/mol. The molecule has 4 nitrogen and oxygen atoms in total. The van der Waals surface area contributed by atoms with Crippen molar-refractivity contribution in [3.8, 4) is 16.9 Å². The Morgan fingerprint density at radius 1 is 1.16 bits per heavy atom. The van der Waals surface area contributed by atoms with Gasteiger partial charge in [-0.2, -0.15) is 0 Å². The highest BCUT2D eigenvalue weighted by molar-refractivity contribution is 8.00. The largest absolute Gasteiger partial charge is 0.497 e. The molecule has 2 aromatic carbocycles. The Kier molecular flexibility index (Phi) is 5.24. The van der Waals surface area contributed by atoms with Gasteiger partial charge in [0, 0.05) is 18.5 Å². The van der Waals surface area contributed by atoms with Crippen molar-refractivity contribution < 1.29 is 9.53 Å². The molecule has 0 aliphatic carbocycles. The lowest BCUT2D eigenvalue weighted by molar-refractivity contribution is -0.119. The van der Waals surface area contributed by atoms with Crippen molar-refractivity contribution >= 4 is 28.6 Å². The first kappa shape index (κ1) is 17.3. The summed E-state index contributed by atoms with van der Waals surface area (Å²) in [6.45, 7) is 1.88. The molecule has 0 spiro atoms. The number of methoxy groups -OCH3 is 1. The highest BCUT2D eigenvalue weighted by Crippen LogP contribution is 2.34. The summed E-state index contributed by atoms with van der Waals surface area (Å²) in [5.74, 6) is 0.749. The topological polar surface area (TPSA) is 51.2 Å².